The molecule has 314 valence electrons. The number of aryl methyl sites for hydroxylation is 2. The number of ether oxygens (including phenoxy) is 4. The van der Waals surface area contributed by atoms with E-state index in [0.29, 0.717) is 31.0 Å². The first-order valence-corrected chi connectivity index (χ1v) is 19.4. The van der Waals surface area contributed by atoms with Crippen molar-refractivity contribution < 1.29 is 48.0 Å². The monoisotopic (exact) mass is 833 g/mol. The minimum atomic E-state index is -1.43. The number of thiazole rings is 1. The molecule has 0 radical (unpaired) electrons. The number of hydrogen-bond acceptors (Lipinski definition) is 14. The highest BCUT2D eigenvalue weighted by Crippen LogP contribution is 2.24. The lowest BCUT2D eigenvalue weighted by atomic mass is 10.1. The SMILES string of the molecule is COc1ccc(Cn2nnc([C@H](COc3ccc(-c4cn(CCCNC(=O)OC(C)(C)C)[n+](C)c4)cc3)O/N=C(\C(=O)O)c3csc(NC(=O)OC(C)(C)C)n3)n2)cc1. The van der Waals surface area contributed by atoms with E-state index in [2.05, 4.69) is 36.2 Å². The summed E-state index contributed by atoms with van der Waals surface area (Å²) >= 11 is 0.988. The van der Waals surface area contributed by atoms with Gasteiger partial charge >= 0.3 is 18.2 Å². The van der Waals surface area contributed by atoms with E-state index in [4.69, 9.17) is 23.8 Å². The van der Waals surface area contributed by atoms with E-state index in [-0.39, 0.29) is 29.8 Å². The smallest absolute Gasteiger partial charge is 0.413 e. The predicted molar refractivity (Wildman–Crippen MR) is 215 cm³/mol. The van der Waals surface area contributed by atoms with Crippen molar-refractivity contribution in [3.05, 3.63) is 83.4 Å². The maximum Gasteiger partial charge on any atom is 0.413 e. The highest BCUT2D eigenvalue weighted by molar-refractivity contribution is 7.14. The number of hydrogen-bond donors (Lipinski definition) is 3. The zero-order chi connectivity index (χ0) is 42.7. The van der Waals surface area contributed by atoms with Crippen LogP contribution in [0.4, 0.5) is 14.7 Å². The summed E-state index contributed by atoms with van der Waals surface area (Å²) in [4.78, 5) is 47.9. The lowest BCUT2D eigenvalue weighted by molar-refractivity contribution is -0.753. The molecule has 0 fully saturated rings. The number of nitrogens with one attached hydrogen (secondary N) is 2. The quantitative estimate of drug-likeness (QED) is 0.0465. The van der Waals surface area contributed by atoms with Gasteiger partial charge in [0.1, 0.15) is 35.0 Å². The van der Waals surface area contributed by atoms with Crippen LogP contribution in [0.25, 0.3) is 11.1 Å². The Labute approximate surface area is 344 Å². The molecular weight excluding hydrogens is 785 g/mol. The molecule has 5 rings (SSSR count). The van der Waals surface area contributed by atoms with Crippen LogP contribution < -0.4 is 24.8 Å². The van der Waals surface area contributed by atoms with Gasteiger partial charge in [-0.2, -0.15) is 9.48 Å². The standard InChI is InChI=1S/C39H48N10O9S/c1-38(2,3)56-36(52)40-18-9-19-48-22-27(21-47(48)7)26-12-16-29(17-13-26)55-23-31(33-43-46-49(44-33)20-25-10-14-28(54-8)15-11-25)58-45-32(34(50)51)30-24-59-35(41-30)42-37(53)57-39(4,5)6/h10-17,21-22,24,31H,9,18-20,23H2,1-8H3,(H2-,40,41,42,50,51,52,53)/p+1/b45-32-/t31-/m0/s1. The van der Waals surface area contributed by atoms with Crippen LogP contribution in [0.15, 0.2) is 71.5 Å². The Kier molecular flexibility index (Phi) is 14.2. The highest BCUT2D eigenvalue weighted by Gasteiger charge is 2.25. The number of amides is 2. The first kappa shape index (κ1) is 43.6. The molecule has 0 spiro atoms. The van der Waals surface area contributed by atoms with Crippen LogP contribution in [0.5, 0.6) is 11.5 Å². The molecule has 20 heteroatoms. The van der Waals surface area contributed by atoms with Gasteiger partial charge in [0.15, 0.2) is 12.2 Å². The van der Waals surface area contributed by atoms with Crippen molar-refractivity contribution in [3.8, 4) is 22.6 Å². The van der Waals surface area contributed by atoms with Crippen molar-refractivity contribution in [1.82, 2.24) is 35.2 Å². The average molecular weight is 834 g/mol. The molecule has 2 amide bonds. The Morgan fingerprint density at radius 3 is 2.29 bits per heavy atom. The van der Waals surface area contributed by atoms with Gasteiger partial charge in [0.2, 0.25) is 23.8 Å². The largest absolute Gasteiger partial charge is 0.497 e. The number of benzene rings is 2. The fourth-order valence-electron chi connectivity index (χ4n) is 5.23. The van der Waals surface area contributed by atoms with Crippen LogP contribution >= 0.6 is 11.3 Å². The molecule has 0 saturated carbocycles. The summed E-state index contributed by atoms with van der Waals surface area (Å²) in [5.41, 5.74) is 0.908. The Balaban J connectivity index is 1.28. The number of aliphatic carboxylic acids is 1. The van der Waals surface area contributed by atoms with Crippen molar-refractivity contribution in [2.75, 3.05) is 25.6 Å². The van der Waals surface area contributed by atoms with Crippen LogP contribution in [0.3, 0.4) is 0 Å². The Morgan fingerprint density at radius 2 is 1.63 bits per heavy atom. The summed E-state index contributed by atoms with van der Waals surface area (Å²) in [6.07, 6.45) is 2.43. The van der Waals surface area contributed by atoms with Crippen LogP contribution in [-0.4, -0.2) is 90.3 Å². The van der Waals surface area contributed by atoms with Crippen LogP contribution in [0.2, 0.25) is 0 Å². The topological polar surface area (TPSA) is 219 Å². The van der Waals surface area contributed by atoms with Gasteiger partial charge in [-0.1, -0.05) is 29.4 Å². The third kappa shape index (κ3) is 13.5. The van der Waals surface area contributed by atoms with Gasteiger partial charge in [-0.15, -0.1) is 26.2 Å². The number of carboxylic acids is 1. The van der Waals surface area contributed by atoms with E-state index in [0.717, 1.165) is 28.0 Å². The number of carboxylic acid groups (broad SMARTS) is 1. The van der Waals surface area contributed by atoms with Crippen molar-refractivity contribution in [2.24, 2.45) is 12.2 Å². The third-order valence-corrected chi connectivity index (χ3v) is 8.67. The second-order valence-corrected chi connectivity index (χ2v) is 16.0. The lowest BCUT2D eigenvalue weighted by Gasteiger charge is -2.19. The minimum Gasteiger partial charge on any atom is -0.497 e. The molecule has 3 N–H and O–H groups in total. The normalized spacial score (nSPS) is 12.4. The molecule has 1 atom stereocenters. The maximum absolute atomic E-state index is 12.3. The second-order valence-electron chi connectivity index (χ2n) is 15.1. The number of nitrogens with zero attached hydrogens (tertiary/aromatic N) is 8. The average Bonchev–Trinajstić information content (AvgIpc) is 3.91. The van der Waals surface area contributed by atoms with E-state index in [1.54, 1.807) is 40.0 Å². The van der Waals surface area contributed by atoms with Gasteiger partial charge in [-0.05, 0) is 88.6 Å². The lowest BCUT2D eigenvalue weighted by Crippen LogP contribution is -2.39. The number of methoxy groups -OCH3 is 1. The number of aromatic nitrogens is 7. The van der Waals surface area contributed by atoms with Crippen LogP contribution in [-0.2, 0) is 39.2 Å². The van der Waals surface area contributed by atoms with Gasteiger partial charge < -0.3 is 34.2 Å². The van der Waals surface area contributed by atoms with E-state index < -0.39 is 41.2 Å². The molecule has 3 aromatic heterocycles. The first-order valence-electron chi connectivity index (χ1n) is 18.5. The highest BCUT2D eigenvalue weighted by atomic mass is 32.1. The first-order chi connectivity index (χ1) is 27.9. The molecule has 0 bridgehead atoms. The van der Waals surface area contributed by atoms with Gasteiger partial charge in [0, 0.05) is 11.9 Å². The van der Waals surface area contributed by atoms with Gasteiger partial charge in [0.05, 0.1) is 32.0 Å². The summed E-state index contributed by atoms with van der Waals surface area (Å²) in [5.74, 6) is -0.146. The molecule has 59 heavy (non-hydrogen) atoms. The Morgan fingerprint density at radius 1 is 0.949 bits per heavy atom. The minimum absolute atomic E-state index is 0.0559. The van der Waals surface area contributed by atoms with Crippen molar-refractivity contribution in [3.63, 3.8) is 0 Å². The molecule has 5 aromatic rings. The number of carbonyl (C=O) groups is 3. The van der Waals surface area contributed by atoms with E-state index in [1.165, 1.54) is 10.2 Å². The summed E-state index contributed by atoms with van der Waals surface area (Å²) in [7, 11) is 3.52. The number of alkyl carbamates (subject to hydrolysis) is 1. The maximum atomic E-state index is 12.3. The van der Waals surface area contributed by atoms with Crippen molar-refractivity contribution in [1.29, 1.82) is 0 Å². The molecule has 2 aromatic carbocycles. The number of rotatable bonds is 17. The zero-order valence-electron chi connectivity index (χ0n) is 34.2. The number of oxime groups is 1. The summed E-state index contributed by atoms with van der Waals surface area (Å²) < 4.78 is 25.9. The summed E-state index contributed by atoms with van der Waals surface area (Å²) in [6, 6.07) is 14.8. The number of carbonyl (C=O) groups excluding carboxylic acids is 2. The van der Waals surface area contributed by atoms with Gasteiger partial charge in [0.25, 0.3) is 0 Å². The molecule has 0 aliphatic heterocycles. The third-order valence-electron chi connectivity index (χ3n) is 7.91. The molecule has 0 unspecified atom stereocenters. The van der Waals surface area contributed by atoms with Crippen molar-refractivity contribution in [2.45, 2.75) is 78.4 Å². The molecule has 0 aliphatic rings. The van der Waals surface area contributed by atoms with E-state index in [9.17, 15) is 19.5 Å². The van der Waals surface area contributed by atoms with Crippen LogP contribution in [0, 0.1) is 0 Å². The molecule has 0 aliphatic carbocycles. The summed E-state index contributed by atoms with van der Waals surface area (Å²) in [6.45, 7) is 11.9. The van der Waals surface area contributed by atoms with Crippen LogP contribution in [0.1, 0.15) is 71.1 Å². The fraction of sp³-hybridized carbons (Fsp3) is 0.410. The Hall–Kier alpha value is -6.57. The fourth-order valence-corrected chi connectivity index (χ4v) is 5.91. The number of tetrazole rings is 1. The van der Waals surface area contributed by atoms with E-state index >= 15 is 0 Å². The Bertz CT molecular complexity index is 2220. The zero-order valence-corrected chi connectivity index (χ0v) is 35.0. The van der Waals surface area contributed by atoms with E-state index in [1.807, 2.05) is 86.0 Å². The molecule has 19 nitrogen and oxygen atoms in total. The number of anilines is 1. The molecular formula is C39H49N10O9S+. The predicted octanol–water partition coefficient (Wildman–Crippen LogP) is 5.37. The van der Waals surface area contributed by atoms with Gasteiger partial charge in [-0.3, -0.25) is 5.32 Å². The molecule has 3 heterocycles. The molecule has 0 saturated heterocycles. The second kappa shape index (κ2) is 19.2. The summed E-state index contributed by atoms with van der Waals surface area (Å²) in [5, 5.41) is 33.6. The van der Waals surface area contributed by atoms with Gasteiger partial charge in [-0.25, -0.2) is 19.4 Å². The van der Waals surface area contributed by atoms with Crippen molar-refractivity contribution >= 4 is 40.3 Å².